The van der Waals surface area contributed by atoms with Crippen LogP contribution < -0.4 is 0 Å². The van der Waals surface area contributed by atoms with E-state index in [0.29, 0.717) is 0 Å². The lowest BCUT2D eigenvalue weighted by Crippen LogP contribution is -2.21. The molecule has 0 N–H and O–H groups in total. The second-order valence-electron chi connectivity index (χ2n) is 6.10. The summed E-state index contributed by atoms with van der Waals surface area (Å²) in [7, 11) is 2.11. The van der Waals surface area contributed by atoms with E-state index in [9.17, 15) is 0 Å². The van der Waals surface area contributed by atoms with Gasteiger partial charge in [0.15, 0.2) is 0 Å². The molecule has 0 spiro atoms. The van der Waals surface area contributed by atoms with Crippen LogP contribution in [-0.2, 0) is 0 Å². The molecule has 25 heavy (non-hydrogen) atoms. The lowest BCUT2D eigenvalue weighted by molar-refractivity contribution is 0.463. The Labute approximate surface area is 157 Å². The van der Waals surface area contributed by atoms with E-state index in [0.717, 1.165) is 0 Å². The topological polar surface area (TPSA) is 6.48 Å². The number of thioether (sulfide) groups is 2. The van der Waals surface area contributed by atoms with Crippen molar-refractivity contribution < 1.29 is 0 Å². The zero-order chi connectivity index (χ0) is 17.2. The third-order valence-electron chi connectivity index (χ3n) is 4.36. The van der Waals surface area contributed by atoms with Crippen molar-refractivity contribution in [2.24, 2.45) is 0 Å². The highest BCUT2D eigenvalue weighted by molar-refractivity contribution is 8.09. The first-order valence-corrected chi connectivity index (χ1v) is 10.0. The number of benzene rings is 2. The van der Waals surface area contributed by atoms with Gasteiger partial charge in [-0.05, 0) is 23.5 Å². The molecular formula is C21H20N2S2. The van der Waals surface area contributed by atoms with Crippen molar-refractivity contribution in [3.8, 4) is 0 Å². The Hall–Kier alpha value is -2.04. The number of nitrogens with zero attached hydrogens (tertiary/aromatic N) is 2. The van der Waals surface area contributed by atoms with Gasteiger partial charge in [0, 0.05) is 30.0 Å². The first kappa shape index (κ1) is 16.4. The molecule has 0 saturated heterocycles. The molecule has 2 aliphatic heterocycles. The van der Waals surface area contributed by atoms with Crippen LogP contribution in [0.15, 0.2) is 89.2 Å². The van der Waals surface area contributed by atoms with Crippen molar-refractivity contribution in [1.82, 2.24) is 9.80 Å². The summed E-state index contributed by atoms with van der Waals surface area (Å²) in [6.07, 6.45) is 4.51. The predicted molar refractivity (Wildman–Crippen MR) is 110 cm³/mol. The SMILES string of the molecule is CC1=CSC(N2C=C(c3ccccc3)SC2c2ccccc2)=CN1C. The number of allylic oxidation sites excluding steroid dienone is 1. The number of rotatable bonds is 3. The van der Waals surface area contributed by atoms with E-state index in [1.165, 1.54) is 26.8 Å². The molecule has 0 saturated carbocycles. The second-order valence-corrected chi connectivity index (χ2v) is 8.11. The van der Waals surface area contributed by atoms with Crippen molar-refractivity contribution in [3.63, 3.8) is 0 Å². The third kappa shape index (κ3) is 3.37. The first-order valence-electron chi connectivity index (χ1n) is 8.27. The van der Waals surface area contributed by atoms with Gasteiger partial charge in [0.2, 0.25) is 0 Å². The maximum absolute atomic E-state index is 2.40. The summed E-state index contributed by atoms with van der Waals surface area (Å²) >= 11 is 3.71. The highest BCUT2D eigenvalue weighted by Crippen LogP contribution is 2.51. The van der Waals surface area contributed by atoms with Gasteiger partial charge in [0.1, 0.15) is 5.37 Å². The van der Waals surface area contributed by atoms with Crippen molar-refractivity contribution in [2.45, 2.75) is 12.3 Å². The Morgan fingerprint density at radius 1 is 0.880 bits per heavy atom. The largest absolute Gasteiger partial charge is 0.352 e. The lowest BCUT2D eigenvalue weighted by Gasteiger charge is -2.30. The lowest BCUT2D eigenvalue weighted by atomic mass is 10.2. The summed E-state index contributed by atoms with van der Waals surface area (Å²) in [4.78, 5) is 5.89. The smallest absolute Gasteiger partial charge is 0.110 e. The van der Waals surface area contributed by atoms with Gasteiger partial charge in [-0.3, -0.25) is 0 Å². The van der Waals surface area contributed by atoms with Crippen molar-refractivity contribution >= 4 is 28.4 Å². The molecule has 0 aromatic heterocycles. The number of hydrogen-bond donors (Lipinski definition) is 0. The fourth-order valence-corrected chi connectivity index (χ4v) is 5.12. The molecule has 0 aliphatic carbocycles. The van der Waals surface area contributed by atoms with Gasteiger partial charge in [-0.25, -0.2) is 0 Å². The molecular weight excluding hydrogens is 344 g/mol. The zero-order valence-corrected chi connectivity index (χ0v) is 15.9. The van der Waals surface area contributed by atoms with Crippen LogP contribution in [-0.4, -0.2) is 16.8 Å². The van der Waals surface area contributed by atoms with Gasteiger partial charge in [0.25, 0.3) is 0 Å². The van der Waals surface area contributed by atoms with E-state index in [1.807, 2.05) is 11.8 Å². The predicted octanol–water partition coefficient (Wildman–Crippen LogP) is 6.07. The molecule has 2 nitrogen and oxygen atoms in total. The van der Waals surface area contributed by atoms with Crippen LogP contribution in [0.3, 0.4) is 0 Å². The van der Waals surface area contributed by atoms with Gasteiger partial charge in [0.05, 0.1) is 5.03 Å². The summed E-state index contributed by atoms with van der Waals surface area (Å²) in [5.41, 5.74) is 3.87. The van der Waals surface area contributed by atoms with Crippen LogP contribution in [0.1, 0.15) is 23.4 Å². The molecule has 1 unspecified atom stereocenters. The molecule has 4 heteroatoms. The van der Waals surface area contributed by atoms with E-state index < -0.39 is 0 Å². The van der Waals surface area contributed by atoms with Gasteiger partial charge >= 0.3 is 0 Å². The van der Waals surface area contributed by atoms with Gasteiger partial charge in [-0.1, -0.05) is 84.2 Å². The van der Waals surface area contributed by atoms with Crippen LogP contribution in [0.2, 0.25) is 0 Å². The maximum Gasteiger partial charge on any atom is 0.110 e. The minimum absolute atomic E-state index is 0.260. The Morgan fingerprint density at radius 3 is 2.24 bits per heavy atom. The van der Waals surface area contributed by atoms with Crippen molar-refractivity contribution in [2.75, 3.05) is 7.05 Å². The van der Waals surface area contributed by atoms with Crippen LogP contribution in [0.5, 0.6) is 0 Å². The van der Waals surface area contributed by atoms with E-state index in [-0.39, 0.29) is 5.37 Å². The maximum atomic E-state index is 2.40. The molecule has 0 bridgehead atoms. The Balaban J connectivity index is 1.71. The van der Waals surface area contributed by atoms with Crippen LogP contribution in [0, 0.1) is 0 Å². The zero-order valence-electron chi connectivity index (χ0n) is 14.3. The summed E-state index contributed by atoms with van der Waals surface area (Å²) in [6.45, 7) is 2.14. The normalized spacial score (nSPS) is 20.2. The van der Waals surface area contributed by atoms with Crippen LogP contribution in [0.4, 0.5) is 0 Å². The highest BCUT2D eigenvalue weighted by atomic mass is 32.2. The van der Waals surface area contributed by atoms with E-state index in [4.69, 9.17) is 0 Å². The quantitative estimate of drug-likeness (QED) is 0.651. The van der Waals surface area contributed by atoms with Gasteiger partial charge < -0.3 is 9.80 Å². The average Bonchev–Trinajstić information content (AvgIpc) is 3.11. The Bertz CT molecular complexity index is 841. The Morgan fingerprint density at radius 2 is 1.56 bits per heavy atom. The molecule has 4 rings (SSSR count). The molecule has 2 aromatic rings. The third-order valence-corrected chi connectivity index (χ3v) is 6.69. The molecule has 2 aromatic carbocycles. The van der Waals surface area contributed by atoms with Crippen LogP contribution in [0.25, 0.3) is 4.91 Å². The average molecular weight is 365 g/mol. The molecule has 1 atom stereocenters. The fraction of sp³-hybridized carbons (Fsp3) is 0.143. The second kappa shape index (κ2) is 7.06. The standard InChI is InChI=1S/C21H20N2S2/c1-16-15-24-20(14-22(16)2)23-13-19(17-9-5-3-6-10-17)25-21(23)18-11-7-4-8-12-18/h3-15,21H,1-2H3. The molecule has 0 amide bonds. The van der Waals surface area contributed by atoms with Gasteiger partial charge in [-0.2, -0.15) is 0 Å². The molecule has 0 fully saturated rings. The number of hydrogen-bond acceptors (Lipinski definition) is 4. The molecule has 2 aliphatic rings. The minimum Gasteiger partial charge on any atom is -0.352 e. The molecule has 2 heterocycles. The van der Waals surface area contributed by atoms with E-state index >= 15 is 0 Å². The summed E-state index contributed by atoms with van der Waals surface area (Å²) < 4.78 is 0. The molecule has 126 valence electrons. The van der Waals surface area contributed by atoms with E-state index in [2.05, 4.69) is 102 Å². The van der Waals surface area contributed by atoms with Crippen LogP contribution >= 0.6 is 23.5 Å². The van der Waals surface area contributed by atoms with Crippen molar-refractivity contribution in [1.29, 1.82) is 0 Å². The van der Waals surface area contributed by atoms with E-state index in [1.54, 1.807) is 11.8 Å². The highest BCUT2D eigenvalue weighted by Gasteiger charge is 2.31. The first-order chi connectivity index (χ1) is 12.2. The fourth-order valence-electron chi connectivity index (χ4n) is 2.83. The summed E-state index contributed by atoms with van der Waals surface area (Å²) in [5, 5.41) is 3.73. The van der Waals surface area contributed by atoms with Crippen molar-refractivity contribution in [3.05, 3.63) is 100 Å². The Kier molecular flexibility index (Phi) is 4.64. The monoisotopic (exact) mass is 364 g/mol. The summed E-state index contributed by atoms with van der Waals surface area (Å²) in [6, 6.07) is 21.4. The van der Waals surface area contributed by atoms with Gasteiger partial charge in [-0.15, -0.1) is 0 Å². The minimum atomic E-state index is 0.260. The summed E-state index contributed by atoms with van der Waals surface area (Å²) in [5.74, 6) is 0. The molecule has 0 radical (unpaired) electrons.